The van der Waals surface area contributed by atoms with Crippen LogP contribution in [0.3, 0.4) is 0 Å². The van der Waals surface area contributed by atoms with Crippen LogP contribution in [-0.2, 0) is 4.79 Å². The molecule has 0 aliphatic heterocycles. The Morgan fingerprint density at radius 1 is 1.45 bits per heavy atom. The molecule has 1 fully saturated rings. The van der Waals surface area contributed by atoms with Gasteiger partial charge in [0.05, 0.1) is 5.56 Å². The van der Waals surface area contributed by atoms with Gasteiger partial charge in [-0.2, -0.15) is 0 Å². The molecule has 106 valence electrons. The van der Waals surface area contributed by atoms with Gasteiger partial charge in [-0.05, 0) is 35.6 Å². The van der Waals surface area contributed by atoms with E-state index in [1.54, 1.807) is 0 Å². The van der Waals surface area contributed by atoms with Crippen molar-refractivity contribution in [3.05, 3.63) is 41.2 Å². The van der Waals surface area contributed by atoms with Gasteiger partial charge in [0.25, 0.3) is 5.91 Å². The number of nitrogens with one attached hydrogen (secondary N) is 1. The van der Waals surface area contributed by atoms with Gasteiger partial charge in [0.15, 0.2) is 0 Å². The van der Waals surface area contributed by atoms with Gasteiger partial charge in [0.1, 0.15) is 5.82 Å². The van der Waals surface area contributed by atoms with Gasteiger partial charge in [-0.3, -0.25) is 4.79 Å². The van der Waals surface area contributed by atoms with Crippen LogP contribution in [0, 0.1) is 11.2 Å². The van der Waals surface area contributed by atoms with Crippen molar-refractivity contribution in [2.24, 2.45) is 5.41 Å². The highest BCUT2D eigenvalue weighted by Gasteiger charge is 2.46. The molecule has 0 heterocycles. The lowest BCUT2D eigenvalue weighted by Crippen LogP contribution is -2.29. The smallest absolute Gasteiger partial charge is 0.328 e. The molecule has 2 rings (SSSR count). The summed E-state index contributed by atoms with van der Waals surface area (Å²) in [4.78, 5) is 22.3. The number of carboxylic acid groups (broad SMARTS) is 1. The number of halogens is 1. The normalized spacial score (nSPS) is 19.9. The Labute approximate surface area is 116 Å². The number of rotatable bonds is 4. The van der Waals surface area contributed by atoms with E-state index >= 15 is 0 Å². The number of hydrogen-bond donors (Lipinski definition) is 2. The van der Waals surface area contributed by atoms with Crippen LogP contribution in [-0.4, -0.2) is 23.0 Å². The van der Waals surface area contributed by atoms with Crippen molar-refractivity contribution < 1.29 is 19.1 Å². The van der Waals surface area contributed by atoms with Crippen molar-refractivity contribution in [3.63, 3.8) is 0 Å². The van der Waals surface area contributed by atoms with Crippen LogP contribution in [0.25, 0.3) is 6.08 Å². The second kappa shape index (κ2) is 5.07. The average Bonchev–Trinajstić information content (AvgIpc) is 2.93. The minimum absolute atomic E-state index is 0.0276. The molecule has 1 aliphatic rings. The molecular formula is C15H16FNO3. The zero-order valence-electron chi connectivity index (χ0n) is 11.3. The summed E-state index contributed by atoms with van der Waals surface area (Å²) in [6, 6.07) is 4.10. The molecule has 0 spiro atoms. The quantitative estimate of drug-likeness (QED) is 0.831. The Hall–Kier alpha value is -2.17. The molecule has 1 unspecified atom stereocenters. The van der Waals surface area contributed by atoms with Gasteiger partial charge in [-0.1, -0.05) is 19.9 Å². The highest BCUT2D eigenvalue weighted by Crippen LogP contribution is 2.44. The van der Waals surface area contributed by atoms with E-state index in [2.05, 4.69) is 5.32 Å². The first-order valence-electron chi connectivity index (χ1n) is 6.31. The number of benzene rings is 1. The Bertz CT molecular complexity index is 593. The molecule has 1 amide bonds. The number of amides is 1. The van der Waals surface area contributed by atoms with E-state index in [0.29, 0.717) is 5.56 Å². The van der Waals surface area contributed by atoms with Crippen molar-refractivity contribution in [3.8, 4) is 0 Å². The van der Waals surface area contributed by atoms with E-state index in [0.717, 1.165) is 18.6 Å². The monoisotopic (exact) mass is 277 g/mol. The standard InChI is InChI=1S/C15H16FNO3/c1-15(2)8-12(15)17-14(20)10-5-3-9(7-11(10)16)4-6-13(18)19/h3-7,12H,8H2,1-2H3,(H,17,20)(H,18,19). The van der Waals surface area contributed by atoms with Gasteiger partial charge in [0, 0.05) is 12.1 Å². The first kappa shape index (κ1) is 14.2. The van der Waals surface area contributed by atoms with E-state index in [-0.39, 0.29) is 17.0 Å². The maximum Gasteiger partial charge on any atom is 0.328 e. The predicted molar refractivity (Wildman–Crippen MR) is 72.7 cm³/mol. The van der Waals surface area contributed by atoms with E-state index < -0.39 is 17.7 Å². The summed E-state index contributed by atoms with van der Waals surface area (Å²) in [6.45, 7) is 4.07. The summed E-state index contributed by atoms with van der Waals surface area (Å²) >= 11 is 0. The third-order valence-corrected chi connectivity index (χ3v) is 3.47. The minimum Gasteiger partial charge on any atom is -0.478 e. The topological polar surface area (TPSA) is 66.4 Å². The summed E-state index contributed by atoms with van der Waals surface area (Å²) in [5.74, 6) is -2.21. The lowest BCUT2D eigenvalue weighted by Gasteiger charge is -2.08. The summed E-state index contributed by atoms with van der Waals surface area (Å²) in [7, 11) is 0. The van der Waals surface area contributed by atoms with Gasteiger partial charge in [-0.25, -0.2) is 9.18 Å². The van der Waals surface area contributed by atoms with Crippen LogP contribution in [0.15, 0.2) is 24.3 Å². The van der Waals surface area contributed by atoms with Gasteiger partial charge < -0.3 is 10.4 Å². The highest BCUT2D eigenvalue weighted by atomic mass is 19.1. The van der Waals surface area contributed by atoms with Crippen molar-refractivity contribution in [2.45, 2.75) is 26.3 Å². The molecule has 0 aromatic heterocycles. The number of carboxylic acids is 1. The summed E-state index contributed by atoms with van der Waals surface area (Å²) in [5, 5.41) is 11.3. The summed E-state index contributed by atoms with van der Waals surface area (Å²) in [6.07, 6.45) is 3.08. The maximum absolute atomic E-state index is 13.8. The first-order chi connectivity index (χ1) is 9.29. The number of aliphatic carboxylic acids is 1. The fourth-order valence-corrected chi connectivity index (χ4v) is 1.94. The van der Waals surface area contributed by atoms with Crippen LogP contribution in [0.4, 0.5) is 4.39 Å². The molecule has 4 nitrogen and oxygen atoms in total. The Morgan fingerprint density at radius 2 is 2.10 bits per heavy atom. The average molecular weight is 277 g/mol. The molecule has 1 aromatic carbocycles. The van der Waals surface area contributed by atoms with E-state index in [1.165, 1.54) is 18.2 Å². The predicted octanol–water partition coefficient (Wildman–Crippen LogP) is 2.45. The minimum atomic E-state index is -1.11. The Morgan fingerprint density at radius 3 is 2.60 bits per heavy atom. The third-order valence-electron chi connectivity index (χ3n) is 3.47. The van der Waals surface area contributed by atoms with Crippen LogP contribution in [0.2, 0.25) is 0 Å². The van der Waals surface area contributed by atoms with Crippen LogP contribution < -0.4 is 5.32 Å². The Kier molecular flexibility index (Phi) is 3.61. The summed E-state index contributed by atoms with van der Waals surface area (Å²) in [5.41, 5.74) is 0.449. The Balaban J connectivity index is 2.09. The SMILES string of the molecule is CC1(C)CC1NC(=O)c1ccc(C=CC(=O)O)cc1F. The van der Waals surface area contributed by atoms with E-state index in [1.807, 2.05) is 13.8 Å². The van der Waals surface area contributed by atoms with E-state index in [9.17, 15) is 14.0 Å². The molecule has 20 heavy (non-hydrogen) atoms. The molecule has 5 heteroatoms. The fourth-order valence-electron chi connectivity index (χ4n) is 1.94. The van der Waals surface area contributed by atoms with Crippen LogP contribution in [0.5, 0.6) is 0 Å². The van der Waals surface area contributed by atoms with Gasteiger partial charge >= 0.3 is 5.97 Å². The van der Waals surface area contributed by atoms with Gasteiger partial charge in [0.2, 0.25) is 0 Å². The van der Waals surface area contributed by atoms with Crippen molar-refractivity contribution in [1.82, 2.24) is 5.32 Å². The van der Waals surface area contributed by atoms with Crippen molar-refractivity contribution in [1.29, 1.82) is 0 Å². The molecule has 0 bridgehead atoms. The largest absolute Gasteiger partial charge is 0.478 e. The summed E-state index contributed by atoms with van der Waals surface area (Å²) < 4.78 is 13.8. The first-order valence-corrected chi connectivity index (χ1v) is 6.31. The van der Waals surface area contributed by atoms with E-state index in [4.69, 9.17) is 5.11 Å². The van der Waals surface area contributed by atoms with Crippen molar-refractivity contribution >= 4 is 18.0 Å². The zero-order valence-corrected chi connectivity index (χ0v) is 11.3. The van der Waals surface area contributed by atoms with Crippen LogP contribution in [0.1, 0.15) is 36.2 Å². The fraction of sp³-hybridized carbons (Fsp3) is 0.333. The molecule has 0 saturated heterocycles. The molecule has 1 saturated carbocycles. The lowest BCUT2D eigenvalue weighted by molar-refractivity contribution is -0.131. The van der Waals surface area contributed by atoms with Crippen LogP contribution >= 0.6 is 0 Å². The second-order valence-electron chi connectivity index (χ2n) is 5.63. The molecule has 1 atom stereocenters. The zero-order chi connectivity index (χ0) is 14.9. The number of hydrogen-bond acceptors (Lipinski definition) is 2. The lowest BCUT2D eigenvalue weighted by atomic mass is 10.1. The molecule has 2 N–H and O–H groups in total. The molecule has 1 aliphatic carbocycles. The maximum atomic E-state index is 13.8. The molecule has 0 radical (unpaired) electrons. The molecular weight excluding hydrogens is 261 g/mol. The second-order valence-corrected chi connectivity index (χ2v) is 5.63. The highest BCUT2D eigenvalue weighted by molar-refractivity contribution is 5.95. The third kappa shape index (κ3) is 3.23. The number of carbonyl (C=O) groups excluding carboxylic acids is 1. The molecule has 1 aromatic rings. The number of carbonyl (C=O) groups is 2. The van der Waals surface area contributed by atoms with Crippen molar-refractivity contribution in [2.75, 3.05) is 0 Å². The van der Waals surface area contributed by atoms with Gasteiger partial charge in [-0.15, -0.1) is 0 Å².